The molecule has 128 valence electrons. The summed E-state index contributed by atoms with van der Waals surface area (Å²) in [5.41, 5.74) is 1.04. The fraction of sp³-hybridized carbons (Fsp3) is 0.611. The Morgan fingerprint density at radius 2 is 1.96 bits per heavy atom. The smallest absolute Gasteiger partial charge is 0.315 e. The number of carbonyl (C=O) groups is 1. The molecule has 1 atom stereocenters. The first-order valence-corrected chi connectivity index (χ1v) is 8.46. The van der Waals surface area contributed by atoms with Crippen molar-refractivity contribution >= 4 is 6.03 Å². The number of urea groups is 1. The van der Waals surface area contributed by atoms with Gasteiger partial charge in [-0.2, -0.15) is 0 Å². The zero-order chi connectivity index (χ0) is 16.8. The van der Waals surface area contributed by atoms with Crippen molar-refractivity contribution in [3.8, 4) is 5.75 Å². The molecule has 1 aliphatic heterocycles. The lowest BCUT2D eigenvalue weighted by Crippen LogP contribution is -2.47. The molecule has 1 aromatic rings. The van der Waals surface area contributed by atoms with E-state index in [-0.39, 0.29) is 24.2 Å². The zero-order valence-electron chi connectivity index (χ0n) is 14.6. The summed E-state index contributed by atoms with van der Waals surface area (Å²) in [4.78, 5) is 14.5. The van der Waals surface area contributed by atoms with Gasteiger partial charge in [-0.25, -0.2) is 4.79 Å². The van der Waals surface area contributed by atoms with E-state index in [2.05, 4.69) is 22.6 Å². The minimum atomic E-state index is -0.0952. The molecule has 0 aliphatic carbocycles. The summed E-state index contributed by atoms with van der Waals surface area (Å²) in [6, 6.07) is 8.01. The third-order valence-electron chi connectivity index (χ3n) is 4.13. The van der Waals surface area contributed by atoms with Crippen LogP contribution in [0, 0.1) is 0 Å². The SMILES string of the molecule is CC(C)Oc1cccc(C(C)NC(=O)NC2CCN(C)CC2)c1. The Kier molecular flexibility index (Phi) is 6.28. The number of hydrogen-bond donors (Lipinski definition) is 2. The largest absolute Gasteiger partial charge is 0.491 e. The molecule has 5 nitrogen and oxygen atoms in total. The maximum Gasteiger partial charge on any atom is 0.315 e. The summed E-state index contributed by atoms with van der Waals surface area (Å²) in [5, 5.41) is 6.09. The van der Waals surface area contributed by atoms with Crippen LogP contribution in [0.3, 0.4) is 0 Å². The summed E-state index contributed by atoms with van der Waals surface area (Å²) < 4.78 is 5.71. The highest BCUT2D eigenvalue weighted by Crippen LogP contribution is 2.20. The number of nitrogens with one attached hydrogen (secondary N) is 2. The summed E-state index contributed by atoms with van der Waals surface area (Å²) in [6.45, 7) is 8.07. The third-order valence-corrected chi connectivity index (χ3v) is 4.13. The first-order valence-electron chi connectivity index (χ1n) is 8.46. The second-order valence-electron chi connectivity index (χ2n) is 6.66. The van der Waals surface area contributed by atoms with Crippen molar-refractivity contribution in [1.82, 2.24) is 15.5 Å². The number of rotatable bonds is 5. The van der Waals surface area contributed by atoms with Crippen LogP contribution in [0.2, 0.25) is 0 Å². The molecule has 1 aromatic carbocycles. The van der Waals surface area contributed by atoms with Crippen molar-refractivity contribution in [1.29, 1.82) is 0 Å². The van der Waals surface area contributed by atoms with Crippen molar-refractivity contribution in [2.24, 2.45) is 0 Å². The summed E-state index contributed by atoms with van der Waals surface area (Å²) in [6.07, 6.45) is 2.16. The molecule has 2 rings (SSSR count). The molecule has 0 saturated carbocycles. The molecule has 1 unspecified atom stereocenters. The van der Waals surface area contributed by atoms with E-state index in [0.29, 0.717) is 0 Å². The maximum atomic E-state index is 12.2. The van der Waals surface area contributed by atoms with Gasteiger partial charge < -0.3 is 20.3 Å². The van der Waals surface area contributed by atoms with E-state index in [1.165, 1.54) is 0 Å². The topological polar surface area (TPSA) is 53.6 Å². The Morgan fingerprint density at radius 3 is 2.61 bits per heavy atom. The highest BCUT2D eigenvalue weighted by molar-refractivity contribution is 5.74. The van der Waals surface area contributed by atoms with E-state index in [1.807, 2.05) is 45.0 Å². The molecule has 23 heavy (non-hydrogen) atoms. The molecule has 0 aromatic heterocycles. The lowest BCUT2D eigenvalue weighted by molar-refractivity contribution is 0.212. The highest BCUT2D eigenvalue weighted by Gasteiger charge is 2.19. The van der Waals surface area contributed by atoms with Crippen LogP contribution in [0.5, 0.6) is 5.75 Å². The van der Waals surface area contributed by atoms with Gasteiger partial charge in [-0.1, -0.05) is 12.1 Å². The van der Waals surface area contributed by atoms with Gasteiger partial charge in [0, 0.05) is 6.04 Å². The van der Waals surface area contributed by atoms with Crippen LogP contribution < -0.4 is 15.4 Å². The average molecular weight is 319 g/mol. The Hall–Kier alpha value is -1.75. The molecule has 1 aliphatic rings. The summed E-state index contributed by atoms with van der Waals surface area (Å²) in [7, 11) is 2.12. The van der Waals surface area contributed by atoms with Crippen molar-refractivity contribution in [3.63, 3.8) is 0 Å². The Bertz CT molecular complexity index is 511. The normalized spacial score (nSPS) is 17.8. The van der Waals surface area contributed by atoms with E-state index in [9.17, 15) is 4.79 Å². The van der Waals surface area contributed by atoms with Crippen LogP contribution in [0.25, 0.3) is 0 Å². The second-order valence-corrected chi connectivity index (χ2v) is 6.66. The molecular formula is C18H29N3O2. The molecule has 1 saturated heterocycles. The Balaban J connectivity index is 1.85. The van der Waals surface area contributed by atoms with E-state index >= 15 is 0 Å². The number of piperidine rings is 1. The van der Waals surface area contributed by atoms with Crippen LogP contribution in [0.4, 0.5) is 4.79 Å². The molecule has 2 N–H and O–H groups in total. The molecular weight excluding hydrogens is 290 g/mol. The van der Waals surface area contributed by atoms with Gasteiger partial charge >= 0.3 is 6.03 Å². The number of carbonyl (C=O) groups excluding carboxylic acids is 1. The summed E-state index contributed by atoms with van der Waals surface area (Å²) in [5.74, 6) is 0.835. The van der Waals surface area contributed by atoms with Crippen molar-refractivity contribution in [2.45, 2.75) is 51.8 Å². The van der Waals surface area contributed by atoms with Gasteiger partial charge in [0.05, 0.1) is 12.1 Å². The first-order chi connectivity index (χ1) is 10.9. The predicted octanol–water partition coefficient (Wildman–Crippen LogP) is 2.93. The van der Waals surface area contributed by atoms with Crippen molar-refractivity contribution < 1.29 is 9.53 Å². The van der Waals surface area contributed by atoms with E-state index < -0.39 is 0 Å². The number of nitrogens with zero attached hydrogens (tertiary/aromatic N) is 1. The number of likely N-dealkylation sites (tertiary alicyclic amines) is 1. The van der Waals surface area contributed by atoms with Gasteiger partial charge in [-0.15, -0.1) is 0 Å². The minimum absolute atomic E-state index is 0.0584. The monoisotopic (exact) mass is 319 g/mol. The third kappa shape index (κ3) is 5.75. The van der Waals surface area contributed by atoms with Gasteiger partial charge in [0.15, 0.2) is 0 Å². The first kappa shape index (κ1) is 17.6. The van der Waals surface area contributed by atoms with E-state index in [0.717, 1.165) is 37.2 Å². The lowest BCUT2D eigenvalue weighted by atomic mass is 10.1. The molecule has 0 radical (unpaired) electrons. The van der Waals surface area contributed by atoms with Crippen LogP contribution in [0.15, 0.2) is 24.3 Å². The standard InChI is InChI=1S/C18H29N3O2/c1-13(2)23-17-7-5-6-15(12-17)14(3)19-18(22)20-16-8-10-21(4)11-9-16/h5-7,12-14,16H,8-11H2,1-4H3,(H2,19,20,22). The molecule has 0 bridgehead atoms. The average Bonchev–Trinajstić information content (AvgIpc) is 2.49. The predicted molar refractivity (Wildman–Crippen MR) is 92.8 cm³/mol. The molecule has 5 heteroatoms. The van der Waals surface area contributed by atoms with Gasteiger partial charge in [0.1, 0.15) is 5.75 Å². The van der Waals surface area contributed by atoms with Crippen molar-refractivity contribution in [3.05, 3.63) is 29.8 Å². The van der Waals surface area contributed by atoms with Gasteiger partial charge in [0.25, 0.3) is 0 Å². The molecule has 1 heterocycles. The van der Waals surface area contributed by atoms with Gasteiger partial charge in [-0.05, 0) is 71.4 Å². The van der Waals surface area contributed by atoms with Crippen LogP contribution in [-0.4, -0.2) is 43.2 Å². The van der Waals surface area contributed by atoms with Gasteiger partial charge in [-0.3, -0.25) is 0 Å². The van der Waals surface area contributed by atoms with Gasteiger partial charge in [0.2, 0.25) is 0 Å². The number of amides is 2. The quantitative estimate of drug-likeness (QED) is 0.877. The van der Waals surface area contributed by atoms with Crippen LogP contribution in [-0.2, 0) is 0 Å². The highest BCUT2D eigenvalue weighted by atomic mass is 16.5. The second kappa shape index (κ2) is 8.20. The summed E-state index contributed by atoms with van der Waals surface area (Å²) >= 11 is 0. The maximum absolute atomic E-state index is 12.2. The number of benzene rings is 1. The molecule has 1 fully saturated rings. The fourth-order valence-electron chi connectivity index (χ4n) is 2.79. The fourth-order valence-corrected chi connectivity index (χ4v) is 2.79. The van der Waals surface area contributed by atoms with Crippen LogP contribution in [0.1, 0.15) is 45.2 Å². The van der Waals surface area contributed by atoms with E-state index in [1.54, 1.807) is 0 Å². The Labute approximate surface area is 139 Å². The zero-order valence-corrected chi connectivity index (χ0v) is 14.6. The molecule has 2 amide bonds. The Morgan fingerprint density at radius 1 is 1.26 bits per heavy atom. The minimum Gasteiger partial charge on any atom is -0.491 e. The van der Waals surface area contributed by atoms with Crippen molar-refractivity contribution in [2.75, 3.05) is 20.1 Å². The van der Waals surface area contributed by atoms with E-state index in [4.69, 9.17) is 4.74 Å². The number of ether oxygens (including phenoxy) is 1. The van der Waals surface area contributed by atoms with Crippen LogP contribution >= 0.6 is 0 Å². The number of hydrogen-bond acceptors (Lipinski definition) is 3. The molecule has 0 spiro atoms. The lowest BCUT2D eigenvalue weighted by Gasteiger charge is -2.30.